The summed E-state index contributed by atoms with van der Waals surface area (Å²) in [6.07, 6.45) is -0.0925. The normalized spacial score (nSPS) is 10.2. The first-order chi connectivity index (χ1) is 9.95. The molecule has 108 valence electrons. The van der Waals surface area contributed by atoms with Gasteiger partial charge >= 0.3 is 5.97 Å². The first-order valence-electron chi connectivity index (χ1n) is 6.65. The summed E-state index contributed by atoms with van der Waals surface area (Å²) in [5.74, 6) is -1.16. The lowest BCUT2D eigenvalue weighted by molar-refractivity contribution is -0.136. The Hall–Kier alpha value is -2.62. The van der Waals surface area contributed by atoms with Crippen LogP contribution >= 0.6 is 0 Å². The zero-order chi connectivity index (χ0) is 15.4. The number of carbonyl (C=O) groups excluding carboxylic acids is 1. The highest BCUT2D eigenvalue weighted by molar-refractivity contribution is 6.04. The average Bonchev–Trinajstić information content (AvgIpc) is 2.42. The van der Waals surface area contributed by atoms with E-state index in [0.717, 1.165) is 16.8 Å². The van der Waals surface area contributed by atoms with E-state index in [1.165, 1.54) is 0 Å². The van der Waals surface area contributed by atoms with Crippen LogP contribution in [0.15, 0.2) is 42.5 Å². The highest BCUT2D eigenvalue weighted by Crippen LogP contribution is 2.16. The summed E-state index contributed by atoms with van der Waals surface area (Å²) in [4.78, 5) is 22.9. The maximum Gasteiger partial charge on any atom is 0.307 e. The van der Waals surface area contributed by atoms with Gasteiger partial charge in [-0.05, 0) is 54.8 Å². The molecular formula is C17H17NO3. The van der Waals surface area contributed by atoms with Gasteiger partial charge in [0, 0.05) is 11.3 Å². The number of carboxylic acid groups (broad SMARTS) is 1. The maximum absolute atomic E-state index is 12.2. The maximum atomic E-state index is 12.2. The summed E-state index contributed by atoms with van der Waals surface area (Å²) in [7, 11) is 0. The number of hydrogen-bond acceptors (Lipinski definition) is 2. The summed E-state index contributed by atoms with van der Waals surface area (Å²) >= 11 is 0. The molecule has 1 amide bonds. The van der Waals surface area contributed by atoms with Crippen molar-refractivity contribution in [3.63, 3.8) is 0 Å². The zero-order valence-corrected chi connectivity index (χ0v) is 12.0. The van der Waals surface area contributed by atoms with Gasteiger partial charge in [-0.25, -0.2) is 0 Å². The minimum absolute atomic E-state index is 0.0925. The molecule has 2 aromatic carbocycles. The third kappa shape index (κ3) is 3.92. The van der Waals surface area contributed by atoms with Crippen LogP contribution in [0.1, 0.15) is 27.0 Å². The van der Waals surface area contributed by atoms with Crippen molar-refractivity contribution in [1.29, 1.82) is 0 Å². The van der Waals surface area contributed by atoms with Crippen LogP contribution < -0.4 is 5.32 Å². The van der Waals surface area contributed by atoms with E-state index in [1.54, 1.807) is 24.3 Å². The van der Waals surface area contributed by atoms with Gasteiger partial charge in [-0.3, -0.25) is 9.59 Å². The van der Waals surface area contributed by atoms with Crippen molar-refractivity contribution in [2.45, 2.75) is 20.3 Å². The molecule has 0 aliphatic heterocycles. The van der Waals surface area contributed by atoms with E-state index in [-0.39, 0.29) is 12.3 Å². The number of anilines is 1. The smallest absolute Gasteiger partial charge is 0.307 e. The van der Waals surface area contributed by atoms with Gasteiger partial charge < -0.3 is 10.4 Å². The second-order valence-corrected chi connectivity index (χ2v) is 5.02. The fourth-order valence-electron chi connectivity index (χ4n) is 2.02. The van der Waals surface area contributed by atoms with Crippen LogP contribution in [-0.2, 0) is 11.2 Å². The zero-order valence-electron chi connectivity index (χ0n) is 12.0. The molecule has 0 saturated carbocycles. The summed E-state index contributed by atoms with van der Waals surface area (Å²) in [5.41, 5.74) is 4.05. The molecule has 2 aromatic rings. The molecule has 4 nitrogen and oxygen atoms in total. The van der Waals surface area contributed by atoms with Crippen LogP contribution in [0.3, 0.4) is 0 Å². The predicted molar refractivity (Wildman–Crippen MR) is 81.7 cm³/mol. The van der Waals surface area contributed by atoms with E-state index in [4.69, 9.17) is 5.11 Å². The fourth-order valence-corrected chi connectivity index (χ4v) is 2.02. The Morgan fingerprint density at radius 3 is 2.48 bits per heavy atom. The topological polar surface area (TPSA) is 66.4 Å². The molecule has 0 fully saturated rings. The van der Waals surface area contributed by atoms with Gasteiger partial charge in [-0.2, -0.15) is 0 Å². The van der Waals surface area contributed by atoms with E-state index in [0.29, 0.717) is 11.1 Å². The van der Waals surface area contributed by atoms with E-state index in [1.807, 2.05) is 32.0 Å². The molecule has 0 radical (unpaired) electrons. The molecule has 0 spiro atoms. The van der Waals surface area contributed by atoms with Gasteiger partial charge in [0.1, 0.15) is 0 Å². The summed E-state index contributed by atoms with van der Waals surface area (Å²) in [6.45, 7) is 3.99. The van der Waals surface area contributed by atoms with Gasteiger partial charge in [0.15, 0.2) is 0 Å². The molecule has 21 heavy (non-hydrogen) atoms. The van der Waals surface area contributed by atoms with Crippen LogP contribution in [-0.4, -0.2) is 17.0 Å². The van der Waals surface area contributed by atoms with Crippen LogP contribution in [0.25, 0.3) is 0 Å². The monoisotopic (exact) mass is 283 g/mol. The van der Waals surface area contributed by atoms with E-state index in [2.05, 4.69) is 5.32 Å². The SMILES string of the molecule is Cc1ccc(NC(=O)c2cccc(CC(=O)O)c2)cc1C. The molecule has 0 heterocycles. The largest absolute Gasteiger partial charge is 0.481 e. The quantitative estimate of drug-likeness (QED) is 0.905. The highest BCUT2D eigenvalue weighted by Gasteiger charge is 2.08. The number of aliphatic carboxylic acids is 1. The van der Waals surface area contributed by atoms with Crippen molar-refractivity contribution >= 4 is 17.6 Å². The molecule has 0 saturated heterocycles. The van der Waals surface area contributed by atoms with E-state index in [9.17, 15) is 9.59 Å². The number of aryl methyl sites for hydroxylation is 2. The Morgan fingerprint density at radius 2 is 1.81 bits per heavy atom. The van der Waals surface area contributed by atoms with E-state index >= 15 is 0 Å². The Labute approximate surface area is 123 Å². The number of carbonyl (C=O) groups is 2. The second-order valence-electron chi connectivity index (χ2n) is 5.02. The number of nitrogens with one attached hydrogen (secondary N) is 1. The lowest BCUT2D eigenvalue weighted by atomic mass is 10.1. The Balaban J connectivity index is 2.16. The Kier molecular flexibility index (Phi) is 4.38. The molecule has 0 aliphatic rings. The summed E-state index contributed by atoms with van der Waals surface area (Å²) in [6, 6.07) is 12.4. The van der Waals surface area contributed by atoms with Crippen molar-refractivity contribution in [1.82, 2.24) is 0 Å². The number of benzene rings is 2. The van der Waals surface area contributed by atoms with Crippen LogP contribution in [0.5, 0.6) is 0 Å². The molecule has 0 atom stereocenters. The molecule has 0 aromatic heterocycles. The average molecular weight is 283 g/mol. The first-order valence-corrected chi connectivity index (χ1v) is 6.65. The van der Waals surface area contributed by atoms with Crippen LogP contribution in [0.4, 0.5) is 5.69 Å². The first kappa shape index (κ1) is 14.8. The Bertz CT molecular complexity index is 692. The number of carboxylic acids is 1. The Morgan fingerprint density at radius 1 is 1.05 bits per heavy atom. The number of rotatable bonds is 4. The molecule has 2 rings (SSSR count). The minimum Gasteiger partial charge on any atom is -0.481 e. The second kappa shape index (κ2) is 6.22. The van der Waals surface area contributed by atoms with Gasteiger partial charge in [-0.15, -0.1) is 0 Å². The van der Waals surface area contributed by atoms with Crippen LogP contribution in [0.2, 0.25) is 0 Å². The summed E-state index contributed by atoms with van der Waals surface area (Å²) in [5, 5.41) is 11.6. The van der Waals surface area contributed by atoms with Crippen molar-refractivity contribution in [3.05, 3.63) is 64.7 Å². The molecule has 0 unspecified atom stereocenters. The highest BCUT2D eigenvalue weighted by atomic mass is 16.4. The third-order valence-corrected chi connectivity index (χ3v) is 3.31. The minimum atomic E-state index is -0.915. The van der Waals surface area contributed by atoms with Gasteiger partial charge in [0.2, 0.25) is 0 Å². The lowest BCUT2D eigenvalue weighted by Gasteiger charge is -2.08. The molecule has 0 aliphatic carbocycles. The lowest BCUT2D eigenvalue weighted by Crippen LogP contribution is -2.12. The van der Waals surface area contributed by atoms with E-state index < -0.39 is 5.97 Å². The molecule has 4 heteroatoms. The van der Waals surface area contributed by atoms with Gasteiger partial charge in [-0.1, -0.05) is 18.2 Å². The fraction of sp³-hybridized carbons (Fsp3) is 0.176. The number of hydrogen-bond donors (Lipinski definition) is 2. The molecule has 2 N–H and O–H groups in total. The van der Waals surface area contributed by atoms with Gasteiger partial charge in [0.05, 0.1) is 6.42 Å². The summed E-state index contributed by atoms with van der Waals surface area (Å²) < 4.78 is 0. The standard InChI is InChI=1S/C17H17NO3/c1-11-6-7-15(8-12(11)2)18-17(21)14-5-3-4-13(9-14)10-16(19)20/h3-9H,10H2,1-2H3,(H,18,21)(H,19,20). The van der Waals surface area contributed by atoms with Crippen molar-refractivity contribution in [2.24, 2.45) is 0 Å². The van der Waals surface area contributed by atoms with Gasteiger partial charge in [0.25, 0.3) is 5.91 Å². The predicted octanol–water partition coefficient (Wildman–Crippen LogP) is 3.18. The van der Waals surface area contributed by atoms with Crippen molar-refractivity contribution in [3.8, 4) is 0 Å². The third-order valence-electron chi connectivity index (χ3n) is 3.31. The molecule has 0 bridgehead atoms. The van der Waals surface area contributed by atoms with Crippen LogP contribution in [0, 0.1) is 13.8 Å². The molecular weight excluding hydrogens is 266 g/mol. The number of amides is 1. The van der Waals surface area contributed by atoms with Crippen molar-refractivity contribution in [2.75, 3.05) is 5.32 Å². The van der Waals surface area contributed by atoms with Crippen molar-refractivity contribution < 1.29 is 14.7 Å².